The van der Waals surface area contributed by atoms with Crippen LogP contribution in [0.4, 0.5) is 4.39 Å². The molecule has 1 heterocycles. The van der Waals surface area contributed by atoms with Crippen LogP contribution in [0.25, 0.3) is 11.0 Å². The number of para-hydroxylation sites is 1. The SMILES string of the molecule is CC(Cl)c1nc2c(F)cccc2n1CC(=O)NC1CC1. The molecule has 1 aliphatic rings. The maximum Gasteiger partial charge on any atom is 0.240 e. The number of rotatable bonds is 4. The van der Waals surface area contributed by atoms with Crippen LogP contribution in [-0.4, -0.2) is 21.5 Å². The predicted molar refractivity (Wildman–Crippen MR) is 75.1 cm³/mol. The zero-order valence-corrected chi connectivity index (χ0v) is 11.8. The van der Waals surface area contributed by atoms with Crippen LogP contribution < -0.4 is 5.32 Å². The van der Waals surface area contributed by atoms with Crippen LogP contribution in [0.15, 0.2) is 18.2 Å². The Bertz CT molecular complexity index is 664. The molecule has 6 heteroatoms. The van der Waals surface area contributed by atoms with Crippen molar-refractivity contribution in [1.82, 2.24) is 14.9 Å². The average Bonchev–Trinajstić information content (AvgIpc) is 3.11. The van der Waals surface area contributed by atoms with Crippen molar-refractivity contribution in [2.45, 2.75) is 37.7 Å². The Morgan fingerprint density at radius 2 is 2.35 bits per heavy atom. The minimum absolute atomic E-state index is 0.0883. The molecule has 3 rings (SSSR count). The lowest BCUT2D eigenvalue weighted by atomic mass is 10.3. The summed E-state index contributed by atoms with van der Waals surface area (Å²) in [4.78, 5) is 16.2. The number of benzene rings is 1. The molecular weight excluding hydrogens is 281 g/mol. The fourth-order valence-corrected chi connectivity index (χ4v) is 2.41. The average molecular weight is 296 g/mol. The quantitative estimate of drug-likeness (QED) is 0.882. The van der Waals surface area contributed by atoms with Gasteiger partial charge in [-0.3, -0.25) is 4.79 Å². The van der Waals surface area contributed by atoms with Crippen molar-refractivity contribution in [3.63, 3.8) is 0 Å². The number of fused-ring (bicyclic) bond motifs is 1. The van der Waals surface area contributed by atoms with Crippen LogP contribution in [0.5, 0.6) is 0 Å². The molecule has 1 unspecified atom stereocenters. The molecule has 0 bridgehead atoms. The van der Waals surface area contributed by atoms with E-state index in [1.54, 1.807) is 23.6 Å². The zero-order chi connectivity index (χ0) is 14.3. The number of imidazole rings is 1. The summed E-state index contributed by atoms with van der Waals surface area (Å²) in [6, 6.07) is 5.01. The summed E-state index contributed by atoms with van der Waals surface area (Å²) in [7, 11) is 0. The summed E-state index contributed by atoms with van der Waals surface area (Å²) in [6.07, 6.45) is 2.06. The second kappa shape index (κ2) is 5.05. The third-order valence-electron chi connectivity index (χ3n) is 3.36. The van der Waals surface area contributed by atoms with Crippen LogP contribution in [0.3, 0.4) is 0 Å². The standard InChI is InChI=1S/C14H15ClFN3O/c1-8(15)14-18-13-10(16)3-2-4-11(13)19(14)7-12(20)17-9-5-6-9/h2-4,8-9H,5-7H2,1H3,(H,17,20). The fraction of sp³-hybridized carbons (Fsp3) is 0.429. The summed E-state index contributed by atoms with van der Waals surface area (Å²) in [6.45, 7) is 1.87. The Morgan fingerprint density at radius 3 is 3.00 bits per heavy atom. The van der Waals surface area contributed by atoms with E-state index >= 15 is 0 Å². The molecule has 0 aliphatic heterocycles. The monoisotopic (exact) mass is 295 g/mol. The van der Waals surface area contributed by atoms with Gasteiger partial charge in [-0.15, -0.1) is 11.6 Å². The normalized spacial score (nSPS) is 16.4. The molecule has 0 spiro atoms. The van der Waals surface area contributed by atoms with Crippen LogP contribution in [-0.2, 0) is 11.3 Å². The van der Waals surface area contributed by atoms with Gasteiger partial charge in [0.2, 0.25) is 5.91 Å². The molecule has 1 atom stereocenters. The van der Waals surface area contributed by atoms with Crippen molar-refractivity contribution in [2.75, 3.05) is 0 Å². The first kappa shape index (κ1) is 13.4. The van der Waals surface area contributed by atoms with Gasteiger partial charge in [0.25, 0.3) is 0 Å². The van der Waals surface area contributed by atoms with E-state index in [4.69, 9.17) is 11.6 Å². The number of hydrogen-bond donors (Lipinski definition) is 1. The van der Waals surface area contributed by atoms with E-state index in [1.807, 2.05) is 0 Å². The molecule has 1 saturated carbocycles. The van der Waals surface area contributed by atoms with E-state index in [-0.39, 0.29) is 18.0 Å². The number of amides is 1. The number of nitrogens with zero attached hydrogens (tertiary/aromatic N) is 2. The summed E-state index contributed by atoms with van der Waals surface area (Å²) in [5.41, 5.74) is 0.854. The van der Waals surface area contributed by atoms with Crippen molar-refractivity contribution in [1.29, 1.82) is 0 Å². The number of alkyl halides is 1. The van der Waals surface area contributed by atoms with E-state index in [0.29, 0.717) is 17.4 Å². The van der Waals surface area contributed by atoms with Gasteiger partial charge in [0.1, 0.15) is 17.9 Å². The smallest absolute Gasteiger partial charge is 0.240 e. The summed E-state index contributed by atoms with van der Waals surface area (Å²) < 4.78 is 15.5. The van der Waals surface area contributed by atoms with Crippen molar-refractivity contribution in [3.8, 4) is 0 Å². The number of aromatic nitrogens is 2. The van der Waals surface area contributed by atoms with Crippen molar-refractivity contribution in [3.05, 3.63) is 29.8 Å². The molecule has 106 valence electrons. The largest absolute Gasteiger partial charge is 0.352 e. The van der Waals surface area contributed by atoms with E-state index in [0.717, 1.165) is 12.8 Å². The van der Waals surface area contributed by atoms with E-state index in [9.17, 15) is 9.18 Å². The predicted octanol–water partition coefficient (Wildman–Crippen LogP) is 2.75. The molecule has 2 aromatic rings. The van der Waals surface area contributed by atoms with Crippen molar-refractivity contribution < 1.29 is 9.18 Å². The molecule has 1 N–H and O–H groups in total. The first-order valence-electron chi connectivity index (χ1n) is 6.64. The molecule has 0 saturated heterocycles. The number of carbonyl (C=O) groups is 1. The maximum absolute atomic E-state index is 13.8. The first-order valence-corrected chi connectivity index (χ1v) is 7.08. The summed E-state index contributed by atoms with van der Waals surface area (Å²) >= 11 is 6.10. The molecule has 20 heavy (non-hydrogen) atoms. The van der Waals surface area contributed by atoms with Gasteiger partial charge in [-0.05, 0) is 31.9 Å². The third-order valence-corrected chi connectivity index (χ3v) is 3.55. The minimum Gasteiger partial charge on any atom is -0.352 e. The van der Waals surface area contributed by atoms with Crippen LogP contribution >= 0.6 is 11.6 Å². The number of hydrogen-bond acceptors (Lipinski definition) is 2. The first-order chi connectivity index (χ1) is 9.56. The van der Waals surface area contributed by atoms with Gasteiger partial charge < -0.3 is 9.88 Å². The van der Waals surface area contributed by atoms with Crippen molar-refractivity contribution in [2.24, 2.45) is 0 Å². The highest BCUT2D eigenvalue weighted by atomic mass is 35.5. The van der Waals surface area contributed by atoms with Gasteiger partial charge in [-0.2, -0.15) is 0 Å². The van der Waals surface area contributed by atoms with Gasteiger partial charge >= 0.3 is 0 Å². The van der Waals surface area contributed by atoms with Crippen molar-refractivity contribution >= 4 is 28.5 Å². The lowest BCUT2D eigenvalue weighted by molar-refractivity contribution is -0.121. The van der Waals surface area contributed by atoms with E-state index in [1.165, 1.54) is 6.07 Å². The molecular formula is C14H15ClFN3O. The Morgan fingerprint density at radius 1 is 1.60 bits per heavy atom. The Labute approximate surface area is 120 Å². The topological polar surface area (TPSA) is 46.9 Å². The highest BCUT2D eigenvalue weighted by Gasteiger charge is 2.25. The molecule has 1 fully saturated rings. The second-order valence-electron chi connectivity index (χ2n) is 5.12. The summed E-state index contributed by atoms with van der Waals surface area (Å²) in [5, 5.41) is 2.52. The van der Waals surface area contributed by atoms with Gasteiger partial charge in [-0.25, -0.2) is 9.37 Å². The van der Waals surface area contributed by atoms with Crippen LogP contribution in [0, 0.1) is 5.82 Å². The molecule has 4 nitrogen and oxygen atoms in total. The number of halogens is 2. The second-order valence-corrected chi connectivity index (χ2v) is 5.78. The van der Waals surface area contributed by atoms with E-state index < -0.39 is 11.2 Å². The highest BCUT2D eigenvalue weighted by molar-refractivity contribution is 6.20. The molecule has 0 radical (unpaired) electrons. The lowest BCUT2D eigenvalue weighted by Gasteiger charge is -2.10. The van der Waals surface area contributed by atoms with E-state index in [2.05, 4.69) is 10.3 Å². The Kier molecular flexibility index (Phi) is 3.38. The third kappa shape index (κ3) is 2.50. The lowest BCUT2D eigenvalue weighted by Crippen LogP contribution is -2.29. The Balaban J connectivity index is 1.99. The van der Waals surface area contributed by atoms with Gasteiger partial charge in [0, 0.05) is 6.04 Å². The minimum atomic E-state index is -0.401. The number of nitrogens with one attached hydrogen (secondary N) is 1. The maximum atomic E-state index is 13.8. The summed E-state index contributed by atoms with van der Waals surface area (Å²) in [5.74, 6) is 0.0229. The molecule has 1 aromatic heterocycles. The Hall–Kier alpha value is -1.62. The van der Waals surface area contributed by atoms with Crippen LogP contribution in [0.2, 0.25) is 0 Å². The molecule has 1 aliphatic carbocycles. The fourth-order valence-electron chi connectivity index (χ4n) is 2.25. The van der Waals surface area contributed by atoms with Gasteiger partial charge in [-0.1, -0.05) is 6.07 Å². The van der Waals surface area contributed by atoms with Gasteiger partial charge in [0.05, 0.1) is 10.9 Å². The molecule has 1 aromatic carbocycles. The molecule has 1 amide bonds. The van der Waals surface area contributed by atoms with Crippen LogP contribution in [0.1, 0.15) is 31.0 Å². The zero-order valence-electron chi connectivity index (χ0n) is 11.1. The van der Waals surface area contributed by atoms with Gasteiger partial charge in [0.15, 0.2) is 5.82 Å². The number of carbonyl (C=O) groups excluding carboxylic acids is 1. The highest BCUT2D eigenvalue weighted by Crippen LogP contribution is 2.26.